The number of benzene rings is 9. The van der Waals surface area contributed by atoms with Gasteiger partial charge in [-0.25, -0.2) is 15.0 Å². The molecular weight excluding hydrogens is 770 g/mol. The van der Waals surface area contributed by atoms with Gasteiger partial charge in [-0.3, -0.25) is 0 Å². The lowest BCUT2D eigenvalue weighted by molar-refractivity contribution is 0.675. The van der Waals surface area contributed by atoms with Crippen molar-refractivity contribution < 1.29 is 4.42 Å². The Morgan fingerprint density at radius 2 is 0.703 bits per heavy atom. The molecule has 0 bridgehead atoms. The van der Waals surface area contributed by atoms with Crippen LogP contribution < -0.4 is 38.2 Å². The average Bonchev–Trinajstić information content (AvgIpc) is 3.75. The largest absolute Gasteiger partial charge is 0.457 e. The molecule has 0 N–H and O–H groups in total. The van der Waals surface area contributed by atoms with E-state index in [2.05, 4.69) is 213 Å². The van der Waals surface area contributed by atoms with Crippen LogP contribution in [0, 0.1) is 0 Å². The van der Waals surface area contributed by atoms with Crippen LogP contribution >= 0.6 is 0 Å². The average molecular weight is 811 g/mol. The first-order valence-corrected chi connectivity index (χ1v) is 22.1. The van der Waals surface area contributed by atoms with E-state index in [4.69, 9.17) is 19.4 Å². The van der Waals surface area contributed by atoms with Gasteiger partial charge in [-0.2, -0.15) is 0 Å². The first kappa shape index (κ1) is 39.6. The van der Waals surface area contributed by atoms with Gasteiger partial charge in [0.15, 0.2) is 17.5 Å². The minimum absolute atomic E-state index is 0.617. The molecule has 0 atom stereocenters. The molecule has 11 heteroatoms. The Bertz CT molecular complexity index is 3700. The third-order valence-corrected chi connectivity index (χ3v) is 13.9. The molecule has 0 unspecified atom stereocenters. The second kappa shape index (κ2) is 15.5. The number of aromatic nitrogens is 3. The molecule has 0 saturated heterocycles. The molecule has 2 heterocycles. The summed E-state index contributed by atoms with van der Waals surface area (Å²) in [5, 5.41) is 6.96. The van der Waals surface area contributed by atoms with Crippen molar-refractivity contribution in [1.82, 2.24) is 15.0 Å². The molecule has 0 saturated carbocycles. The molecule has 0 spiro atoms. The van der Waals surface area contributed by atoms with Gasteiger partial charge < -0.3 is 4.42 Å². The van der Waals surface area contributed by atoms with E-state index in [0.717, 1.165) is 71.5 Å². The molecule has 11 rings (SSSR count). The van der Waals surface area contributed by atoms with Gasteiger partial charge in [0.1, 0.15) is 66.1 Å². The number of nitrogens with zero attached hydrogens (tertiary/aromatic N) is 3. The predicted molar refractivity (Wildman–Crippen MR) is 292 cm³/mol. The molecule has 0 amide bonds. The standard InChI is InChI=1S/C53H40B7N3O/c54-42-40-39-41(43(55)45(57)47(59)49(39)64-50(40)48(60)46(58)44(42)56)53-62-51(61-52(63-53)37-22-19-31-18-21-35(25-38(31)26-37)27-7-2-1-3-8-27)36-12-6-11-33(24-36)29-13-15-30(16-14-29)34-20-17-28-9-4-5-10-32(28)23-34/h1-26H,54-60H2. The summed E-state index contributed by atoms with van der Waals surface area (Å²) in [5.74, 6) is 1.87. The minimum atomic E-state index is 0.617. The zero-order chi connectivity index (χ0) is 43.8. The Kier molecular flexibility index (Phi) is 9.61. The van der Waals surface area contributed by atoms with Crippen LogP contribution in [0.1, 0.15) is 0 Å². The summed E-state index contributed by atoms with van der Waals surface area (Å²) in [5.41, 5.74) is 20.0. The molecule has 0 radical (unpaired) electrons. The molecule has 294 valence electrons. The summed E-state index contributed by atoms with van der Waals surface area (Å²) < 4.78 is 6.90. The van der Waals surface area contributed by atoms with E-state index in [9.17, 15) is 0 Å². The van der Waals surface area contributed by atoms with Crippen LogP contribution in [0.2, 0.25) is 0 Å². The van der Waals surface area contributed by atoms with Crippen molar-refractivity contribution in [3.63, 3.8) is 0 Å². The number of fused-ring (bicyclic) bond motifs is 5. The predicted octanol–water partition coefficient (Wildman–Crippen LogP) is 1.89. The Balaban J connectivity index is 1.10. The fraction of sp³-hybridized carbons (Fsp3) is 0. The van der Waals surface area contributed by atoms with Crippen molar-refractivity contribution in [3.8, 4) is 67.5 Å². The van der Waals surface area contributed by atoms with E-state index < -0.39 is 0 Å². The van der Waals surface area contributed by atoms with Crippen molar-refractivity contribution in [2.75, 3.05) is 0 Å². The maximum Gasteiger partial charge on any atom is 0.164 e. The van der Waals surface area contributed by atoms with Crippen LogP contribution in [0.4, 0.5) is 0 Å². The SMILES string of the molecule is Bc1c(B)c(B)c2c(oc3c(B)c(B)c(B)c(-c4nc(-c5cccc(-c6ccc(-c7ccc8ccccc8c7)cc6)c5)nc(-c5ccc6ccc(-c7ccccc7)cc6c5)n4)c32)c1B. The van der Waals surface area contributed by atoms with Gasteiger partial charge >= 0.3 is 0 Å². The van der Waals surface area contributed by atoms with Crippen molar-refractivity contribution >= 4 is 137 Å². The van der Waals surface area contributed by atoms with Gasteiger partial charge in [0.2, 0.25) is 0 Å². The number of hydrogen-bond acceptors (Lipinski definition) is 4. The Morgan fingerprint density at radius 1 is 0.281 bits per heavy atom. The fourth-order valence-electron chi connectivity index (χ4n) is 9.59. The van der Waals surface area contributed by atoms with Crippen LogP contribution in [-0.4, -0.2) is 69.9 Å². The molecule has 0 aliphatic carbocycles. The summed E-state index contributed by atoms with van der Waals surface area (Å²) >= 11 is 0. The van der Waals surface area contributed by atoms with Crippen molar-refractivity contribution in [2.45, 2.75) is 0 Å². The molecule has 0 aliphatic heterocycles. The Hall–Kier alpha value is -7.24. The van der Waals surface area contributed by atoms with Gasteiger partial charge in [-0.1, -0.05) is 166 Å². The fourth-order valence-corrected chi connectivity index (χ4v) is 9.59. The van der Waals surface area contributed by atoms with Crippen molar-refractivity contribution in [1.29, 1.82) is 0 Å². The summed E-state index contributed by atoms with van der Waals surface area (Å²) in [7, 11) is 15.4. The smallest absolute Gasteiger partial charge is 0.164 e. The van der Waals surface area contributed by atoms with Crippen LogP contribution in [0.5, 0.6) is 0 Å². The molecule has 9 aromatic carbocycles. The van der Waals surface area contributed by atoms with Crippen LogP contribution in [-0.2, 0) is 0 Å². The first-order chi connectivity index (χ1) is 31.1. The zero-order valence-electron chi connectivity index (χ0n) is 37.3. The topological polar surface area (TPSA) is 51.8 Å². The van der Waals surface area contributed by atoms with E-state index in [0.29, 0.717) is 17.5 Å². The van der Waals surface area contributed by atoms with Gasteiger partial charge in [0.05, 0.1) is 0 Å². The third-order valence-electron chi connectivity index (χ3n) is 13.9. The van der Waals surface area contributed by atoms with E-state index >= 15 is 0 Å². The Labute approximate surface area is 379 Å². The molecular formula is C53H40B7N3O. The van der Waals surface area contributed by atoms with Gasteiger partial charge in [-0.05, 0) is 79.2 Å². The molecule has 2 aromatic heterocycles. The molecule has 0 fully saturated rings. The maximum atomic E-state index is 6.90. The summed E-state index contributed by atoms with van der Waals surface area (Å²) in [6, 6.07) is 56.3. The van der Waals surface area contributed by atoms with Gasteiger partial charge in [0.25, 0.3) is 0 Å². The lowest BCUT2D eigenvalue weighted by atomic mass is 9.64. The highest BCUT2D eigenvalue weighted by atomic mass is 16.3. The zero-order valence-corrected chi connectivity index (χ0v) is 37.3. The molecule has 0 aliphatic rings. The lowest BCUT2D eigenvalue weighted by Crippen LogP contribution is -2.47. The first-order valence-electron chi connectivity index (χ1n) is 22.1. The summed E-state index contributed by atoms with van der Waals surface area (Å²) in [6.45, 7) is 0. The monoisotopic (exact) mass is 811 g/mol. The number of furan rings is 1. The highest BCUT2D eigenvalue weighted by molar-refractivity contribution is 6.68. The van der Waals surface area contributed by atoms with Gasteiger partial charge in [0, 0.05) is 27.5 Å². The summed E-state index contributed by atoms with van der Waals surface area (Å²) in [4.78, 5) is 16.2. The Morgan fingerprint density at radius 3 is 1.38 bits per heavy atom. The van der Waals surface area contributed by atoms with Crippen molar-refractivity contribution in [3.05, 3.63) is 158 Å². The second-order valence-electron chi connectivity index (χ2n) is 17.4. The van der Waals surface area contributed by atoms with E-state index in [1.54, 1.807) is 0 Å². The van der Waals surface area contributed by atoms with Gasteiger partial charge in [-0.15, -0.1) is 5.46 Å². The quantitative estimate of drug-likeness (QED) is 0.241. The number of hydrogen-bond donors (Lipinski definition) is 0. The lowest BCUT2D eigenvalue weighted by Gasteiger charge is -2.16. The third kappa shape index (κ3) is 6.61. The van der Waals surface area contributed by atoms with Crippen LogP contribution in [0.15, 0.2) is 162 Å². The second-order valence-corrected chi connectivity index (χ2v) is 17.4. The minimum Gasteiger partial charge on any atom is -0.457 e. The summed E-state index contributed by atoms with van der Waals surface area (Å²) in [6.07, 6.45) is 0. The number of rotatable bonds is 6. The maximum absolute atomic E-state index is 6.90. The highest BCUT2D eigenvalue weighted by Crippen LogP contribution is 2.35. The van der Waals surface area contributed by atoms with E-state index in [-0.39, 0.29) is 0 Å². The van der Waals surface area contributed by atoms with Crippen LogP contribution in [0.25, 0.3) is 111 Å². The molecule has 11 aromatic rings. The highest BCUT2D eigenvalue weighted by Gasteiger charge is 2.25. The van der Waals surface area contributed by atoms with E-state index in [1.165, 1.54) is 60.3 Å². The molecule has 64 heavy (non-hydrogen) atoms. The molecule has 4 nitrogen and oxygen atoms in total. The van der Waals surface area contributed by atoms with E-state index in [1.807, 2.05) is 0 Å². The van der Waals surface area contributed by atoms with Crippen LogP contribution in [0.3, 0.4) is 0 Å². The van der Waals surface area contributed by atoms with Crippen molar-refractivity contribution in [2.24, 2.45) is 0 Å². The normalized spacial score (nSPS) is 11.6.